The molecule has 5 aromatic rings. The van der Waals surface area contributed by atoms with Gasteiger partial charge in [0, 0.05) is 17.4 Å². The molecule has 1 atom stereocenters. The van der Waals surface area contributed by atoms with Crippen molar-refractivity contribution >= 4 is 34.1 Å². The average Bonchev–Trinajstić information content (AvgIpc) is 3.23. The third-order valence-corrected chi connectivity index (χ3v) is 6.68. The molecular weight excluding hydrogens is 438 g/mol. The highest BCUT2D eigenvalue weighted by atomic mass is 32.2. The van der Waals surface area contributed by atoms with Gasteiger partial charge in [0.15, 0.2) is 5.16 Å². The van der Waals surface area contributed by atoms with Gasteiger partial charge in [0.25, 0.3) is 11.2 Å². The van der Waals surface area contributed by atoms with Crippen molar-refractivity contribution in [3.63, 3.8) is 0 Å². The van der Waals surface area contributed by atoms with Crippen molar-refractivity contribution in [2.24, 2.45) is 0 Å². The lowest BCUT2D eigenvalue weighted by Gasteiger charge is -2.14. The molecule has 1 unspecified atom stereocenters. The van der Waals surface area contributed by atoms with Crippen LogP contribution < -0.4 is 5.56 Å². The first-order valence-corrected chi connectivity index (χ1v) is 11.2. The Morgan fingerprint density at radius 2 is 1.76 bits per heavy atom. The van der Waals surface area contributed by atoms with Crippen LogP contribution in [0.25, 0.3) is 22.4 Å². The Morgan fingerprint density at radius 1 is 1.00 bits per heavy atom. The molecule has 0 aliphatic rings. The number of para-hydroxylation sites is 2. The summed E-state index contributed by atoms with van der Waals surface area (Å²) in [6.07, 6.45) is 0. The van der Waals surface area contributed by atoms with Crippen LogP contribution in [0.5, 0.6) is 0 Å². The molecule has 8 nitrogen and oxygen atoms in total. The van der Waals surface area contributed by atoms with E-state index in [-0.39, 0.29) is 16.5 Å². The highest BCUT2D eigenvalue weighted by Crippen LogP contribution is 2.36. The molecule has 0 saturated carbocycles. The van der Waals surface area contributed by atoms with E-state index in [1.54, 1.807) is 22.8 Å². The maximum atomic E-state index is 13.5. The van der Waals surface area contributed by atoms with Gasteiger partial charge in [-0.15, -0.1) is 10.2 Å². The van der Waals surface area contributed by atoms with Gasteiger partial charge in [-0.3, -0.25) is 19.3 Å². The molecule has 0 bridgehead atoms. The smallest absolute Gasteiger partial charge is 0.268 e. The lowest BCUT2D eigenvalue weighted by molar-refractivity contribution is -0.384. The second-order valence-electron chi connectivity index (χ2n) is 7.67. The maximum Gasteiger partial charge on any atom is 0.269 e. The van der Waals surface area contributed by atoms with Crippen LogP contribution in [-0.2, 0) is 0 Å². The summed E-state index contributed by atoms with van der Waals surface area (Å²) in [5.74, 6) is 0.418. The molecule has 2 aromatic heterocycles. The number of benzene rings is 3. The van der Waals surface area contributed by atoms with E-state index in [0.29, 0.717) is 21.8 Å². The van der Waals surface area contributed by atoms with Crippen molar-refractivity contribution in [2.75, 3.05) is 0 Å². The molecule has 0 amide bonds. The van der Waals surface area contributed by atoms with Crippen LogP contribution in [0, 0.1) is 17.0 Å². The van der Waals surface area contributed by atoms with Crippen LogP contribution in [-0.4, -0.2) is 24.1 Å². The van der Waals surface area contributed by atoms with Crippen LogP contribution in [0.2, 0.25) is 0 Å². The number of aryl methyl sites for hydroxylation is 1. The Balaban J connectivity index is 1.71. The normalized spacial score (nSPS) is 12.3. The Hall–Kier alpha value is -3.98. The zero-order valence-corrected chi connectivity index (χ0v) is 18.7. The van der Waals surface area contributed by atoms with E-state index in [2.05, 4.69) is 10.2 Å². The predicted octanol–water partition coefficient (Wildman–Crippen LogP) is 5.10. The fourth-order valence-corrected chi connectivity index (χ4v) is 4.88. The summed E-state index contributed by atoms with van der Waals surface area (Å²) in [6.45, 7) is 3.91. The number of nitro groups is 1. The van der Waals surface area contributed by atoms with Crippen molar-refractivity contribution < 1.29 is 4.92 Å². The van der Waals surface area contributed by atoms with E-state index in [1.807, 2.05) is 66.8 Å². The Morgan fingerprint density at radius 3 is 2.55 bits per heavy atom. The molecule has 0 fully saturated rings. The molecule has 3 aromatic carbocycles. The minimum atomic E-state index is -0.401. The minimum absolute atomic E-state index is 0.0462. The topological polar surface area (TPSA) is 95.3 Å². The molecule has 9 heteroatoms. The van der Waals surface area contributed by atoms with Crippen LogP contribution in [0.1, 0.15) is 23.3 Å². The summed E-state index contributed by atoms with van der Waals surface area (Å²) >= 11 is 1.43. The van der Waals surface area contributed by atoms with Gasteiger partial charge in [-0.1, -0.05) is 54.2 Å². The van der Waals surface area contributed by atoms with Crippen molar-refractivity contribution in [1.82, 2.24) is 19.2 Å². The second kappa shape index (κ2) is 8.18. The number of rotatable bonds is 5. The molecule has 0 saturated heterocycles. The number of hydrogen-bond acceptors (Lipinski definition) is 6. The zero-order valence-electron chi connectivity index (χ0n) is 17.9. The first-order valence-electron chi connectivity index (χ1n) is 10.3. The number of fused-ring (bicyclic) bond motifs is 3. The molecule has 164 valence electrons. The number of non-ortho nitro benzene ring substituents is 1. The predicted molar refractivity (Wildman–Crippen MR) is 128 cm³/mol. The third kappa shape index (κ3) is 3.56. The van der Waals surface area contributed by atoms with E-state index >= 15 is 0 Å². The van der Waals surface area contributed by atoms with E-state index in [0.717, 1.165) is 16.8 Å². The van der Waals surface area contributed by atoms with E-state index in [1.165, 1.54) is 17.8 Å². The monoisotopic (exact) mass is 457 g/mol. The standard InChI is InChI=1S/C24H19N5O3S/c1-15-8-3-5-12-20(15)27-22(30)19-11-4-6-13-21(19)28-23(27)25-26-24(28)33-16(2)17-9-7-10-18(14-17)29(31)32/h3-14,16H,1-2H3. The quantitative estimate of drug-likeness (QED) is 0.207. The molecule has 0 aliphatic carbocycles. The molecule has 33 heavy (non-hydrogen) atoms. The third-order valence-electron chi connectivity index (χ3n) is 5.58. The minimum Gasteiger partial charge on any atom is -0.268 e. The van der Waals surface area contributed by atoms with Gasteiger partial charge in [0.05, 0.1) is 21.5 Å². The lowest BCUT2D eigenvalue weighted by Crippen LogP contribution is -2.22. The summed E-state index contributed by atoms with van der Waals surface area (Å²) in [7, 11) is 0. The van der Waals surface area contributed by atoms with Crippen LogP contribution in [0.4, 0.5) is 5.69 Å². The highest BCUT2D eigenvalue weighted by Gasteiger charge is 2.21. The van der Waals surface area contributed by atoms with Gasteiger partial charge in [0.2, 0.25) is 5.78 Å². The number of nitro benzene ring substituents is 1. The Bertz CT molecular complexity index is 1590. The van der Waals surface area contributed by atoms with Gasteiger partial charge in [-0.05, 0) is 43.2 Å². The summed E-state index contributed by atoms with van der Waals surface area (Å²) in [5, 5.41) is 21.0. The van der Waals surface area contributed by atoms with Crippen molar-refractivity contribution in [3.05, 3.63) is 104 Å². The molecule has 5 rings (SSSR count). The number of hydrogen-bond donors (Lipinski definition) is 0. The van der Waals surface area contributed by atoms with Gasteiger partial charge in [-0.25, -0.2) is 4.57 Å². The van der Waals surface area contributed by atoms with Gasteiger partial charge in [-0.2, -0.15) is 0 Å². The van der Waals surface area contributed by atoms with Crippen molar-refractivity contribution in [2.45, 2.75) is 24.3 Å². The van der Waals surface area contributed by atoms with Crippen molar-refractivity contribution in [3.8, 4) is 5.69 Å². The number of aromatic nitrogens is 4. The molecule has 0 N–H and O–H groups in total. The van der Waals surface area contributed by atoms with E-state index in [9.17, 15) is 14.9 Å². The lowest BCUT2D eigenvalue weighted by atomic mass is 10.1. The zero-order chi connectivity index (χ0) is 23.1. The Labute approximate surface area is 192 Å². The van der Waals surface area contributed by atoms with Gasteiger partial charge >= 0.3 is 0 Å². The molecule has 0 spiro atoms. The largest absolute Gasteiger partial charge is 0.269 e. The number of nitrogens with zero attached hydrogens (tertiary/aromatic N) is 5. The number of thioether (sulfide) groups is 1. The van der Waals surface area contributed by atoms with Gasteiger partial charge in [0.1, 0.15) is 0 Å². The Kier molecular flexibility index (Phi) is 5.18. The molecule has 2 heterocycles. The first kappa shape index (κ1) is 20.9. The summed E-state index contributed by atoms with van der Waals surface area (Å²) in [4.78, 5) is 24.2. The molecular formula is C24H19N5O3S. The van der Waals surface area contributed by atoms with Crippen LogP contribution in [0.3, 0.4) is 0 Å². The average molecular weight is 458 g/mol. The van der Waals surface area contributed by atoms with E-state index < -0.39 is 4.92 Å². The van der Waals surface area contributed by atoms with Gasteiger partial charge < -0.3 is 0 Å². The maximum absolute atomic E-state index is 13.5. The SMILES string of the molecule is Cc1ccccc1-n1c(=O)c2ccccc2n2c(SC(C)c3cccc([N+](=O)[O-])c3)nnc12. The molecule has 0 aliphatic heterocycles. The van der Waals surface area contributed by atoms with Crippen LogP contribution in [0.15, 0.2) is 82.7 Å². The fourth-order valence-electron chi connectivity index (χ4n) is 3.90. The molecule has 0 radical (unpaired) electrons. The van der Waals surface area contributed by atoms with E-state index in [4.69, 9.17) is 0 Å². The van der Waals surface area contributed by atoms with Crippen molar-refractivity contribution in [1.29, 1.82) is 0 Å². The summed E-state index contributed by atoms with van der Waals surface area (Å²) < 4.78 is 3.47. The van der Waals surface area contributed by atoms with Crippen LogP contribution >= 0.6 is 11.8 Å². The summed E-state index contributed by atoms with van der Waals surface area (Å²) in [6, 6.07) is 21.6. The summed E-state index contributed by atoms with van der Waals surface area (Å²) in [5.41, 5.74) is 3.09. The second-order valence-corrected chi connectivity index (χ2v) is 8.98. The highest BCUT2D eigenvalue weighted by molar-refractivity contribution is 7.99. The first-order chi connectivity index (χ1) is 16.0. The fraction of sp³-hybridized carbons (Fsp3) is 0.125.